The van der Waals surface area contributed by atoms with Crippen molar-refractivity contribution < 1.29 is 14.3 Å². The van der Waals surface area contributed by atoms with E-state index in [2.05, 4.69) is 10.3 Å². The molecule has 0 unspecified atom stereocenters. The molecule has 19 heavy (non-hydrogen) atoms. The summed E-state index contributed by atoms with van der Waals surface area (Å²) in [7, 11) is 0. The molecule has 0 spiro atoms. The van der Waals surface area contributed by atoms with Crippen LogP contribution in [0.4, 0.5) is 15.0 Å². The smallest absolute Gasteiger partial charge is 0.410 e. The minimum atomic E-state index is -1.18. The molecule has 1 aromatic heterocycles. The Morgan fingerprint density at radius 1 is 1.53 bits per heavy atom. The van der Waals surface area contributed by atoms with Gasteiger partial charge in [-0.05, 0) is 30.2 Å². The van der Waals surface area contributed by atoms with Crippen molar-refractivity contribution in [1.29, 1.82) is 0 Å². The van der Waals surface area contributed by atoms with Gasteiger partial charge in [-0.25, -0.2) is 14.2 Å². The molecule has 6 heteroatoms. The number of carbonyl (C=O) groups is 1. The summed E-state index contributed by atoms with van der Waals surface area (Å²) in [6.07, 6.45) is 0.622. The molecule has 2 aromatic rings. The van der Waals surface area contributed by atoms with E-state index < -0.39 is 6.09 Å². The first-order chi connectivity index (χ1) is 9.11. The predicted molar refractivity (Wildman–Crippen MR) is 72.9 cm³/mol. The Kier molecular flexibility index (Phi) is 3.91. The Morgan fingerprint density at radius 3 is 2.95 bits per heavy atom. The van der Waals surface area contributed by atoms with E-state index in [0.29, 0.717) is 10.4 Å². The van der Waals surface area contributed by atoms with E-state index in [-0.39, 0.29) is 11.6 Å². The summed E-state index contributed by atoms with van der Waals surface area (Å²) in [5.41, 5.74) is 2.97. The number of anilines is 1. The maximum atomic E-state index is 13.3. The van der Waals surface area contributed by atoms with Crippen LogP contribution in [0.5, 0.6) is 0 Å². The van der Waals surface area contributed by atoms with Gasteiger partial charge in [0, 0.05) is 0 Å². The van der Waals surface area contributed by atoms with Crippen LogP contribution in [0.2, 0.25) is 0 Å². The van der Waals surface area contributed by atoms with Crippen LogP contribution in [0.15, 0.2) is 35.9 Å². The van der Waals surface area contributed by atoms with Crippen molar-refractivity contribution in [3.63, 3.8) is 0 Å². The van der Waals surface area contributed by atoms with Gasteiger partial charge in [-0.1, -0.05) is 18.2 Å². The van der Waals surface area contributed by atoms with Crippen LogP contribution in [-0.2, 0) is 0 Å². The predicted octanol–water partition coefficient (Wildman–Crippen LogP) is 3.82. The van der Waals surface area contributed by atoms with Crippen molar-refractivity contribution in [1.82, 2.24) is 4.98 Å². The van der Waals surface area contributed by atoms with E-state index in [1.54, 1.807) is 23.7 Å². The average molecular weight is 278 g/mol. The molecule has 98 valence electrons. The van der Waals surface area contributed by atoms with E-state index in [9.17, 15) is 9.18 Å². The van der Waals surface area contributed by atoms with Crippen LogP contribution >= 0.6 is 11.3 Å². The Labute approximate surface area is 113 Å². The van der Waals surface area contributed by atoms with Gasteiger partial charge in [-0.15, -0.1) is 11.3 Å². The molecule has 0 aliphatic rings. The van der Waals surface area contributed by atoms with Gasteiger partial charge in [0.05, 0.1) is 10.4 Å². The van der Waals surface area contributed by atoms with Gasteiger partial charge < -0.3 is 5.11 Å². The third-order valence-corrected chi connectivity index (χ3v) is 3.32. The van der Waals surface area contributed by atoms with Crippen molar-refractivity contribution >= 4 is 28.8 Å². The van der Waals surface area contributed by atoms with E-state index >= 15 is 0 Å². The van der Waals surface area contributed by atoms with Crippen LogP contribution in [0.1, 0.15) is 17.4 Å². The number of aromatic nitrogens is 1. The van der Waals surface area contributed by atoms with Crippen molar-refractivity contribution in [2.75, 3.05) is 5.32 Å². The summed E-state index contributed by atoms with van der Waals surface area (Å²) >= 11 is 1.30. The van der Waals surface area contributed by atoms with Crippen molar-refractivity contribution in [3.8, 4) is 0 Å². The highest BCUT2D eigenvalue weighted by Gasteiger charge is 2.14. The first kappa shape index (κ1) is 13.2. The van der Waals surface area contributed by atoms with E-state index in [0.717, 1.165) is 5.57 Å². The summed E-state index contributed by atoms with van der Waals surface area (Å²) in [4.78, 5) is 15.3. The van der Waals surface area contributed by atoms with Crippen LogP contribution < -0.4 is 5.32 Å². The van der Waals surface area contributed by atoms with Gasteiger partial charge in [0.15, 0.2) is 5.82 Å². The van der Waals surface area contributed by atoms with Crippen LogP contribution in [0.25, 0.3) is 5.57 Å². The van der Waals surface area contributed by atoms with Crippen LogP contribution in [-0.4, -0.2) is 16.2 Å². The molecule has 0 fully saturated rings. The standard InChI is InChI=1S/C13H11FN2O2S/c1-2-10(8-4-3-5-9(14)6-8)11-12(15-7-19-11)16-13(17)18/h2-7,16H,1H3,(H,17,18). The van der Waals surface area contributed by atoms with E-state index in [1.807, 2.05) is 6.92 Å². The van der Waals surface area contributed by atoms with Crippen LogP contribution in [0, 0.1) is 5.82 Å². The number of thiazole rings is 1. The second kappa shape index (κ2) is 5.62. The maximum Gasteiger partial charge on any atom is 0.410 e. The van der Waals surface area contributed by atoms with Gasteiger partial charge in [-0.3, -0.25) is 5.32 Å². The van der Waals surface area contributed by atoms with Gasteiger partial charge in [0.25, 0.3) is 0 Å². The Balaban J connectivity index is 2.44. The lowest BCUT2D eigenvalue weighted by molar-refractivity contribution is 0.209. The molecule has 0 aliphatic heterocycles. The third-order valence-electron chi connectivity index (χ3n) is 2.46. The number of amides is 1. The van der Waals surface area contributed by atoms with Crippen molar-refractivity contribution in [2.24, 2.45) is 0 Å². The largest absolute Gasteiger partial charge is 0.465 e. The van der Waals surface area contributed by atoms with Gasteiger partial charge >= 0.3 is 6.09 Å². The monoisotopic (exact) mass is 278 g/mol. The zero-order valence-corrected chi connectivity index (χ0v) is 10.9. The SMILES string of the molecule is CC=C(c1cccc(F)c1)c1scnc1NC(=O)O. The highest BCUT2D eigenvalue weighted by Crippen LogP contribution is 2.32. The lowest BCUT2D eigenvalue weighted by Crippen LogP contribution is -2.09. The number of rotatable bonds is 3. The highest BCUT2D eigenvalue weighted by atomic mass is 32.1. The molecule has 1 amide bonds. The van der Waals surface area contributed by atoms with Gasteiger partial charge in [0.2, 0.25) is 0 Å². The van der Waals surface area contributed by atoms with E-state index in [4.69, 9.17) is 5.11 Å². The molecule has 0 radical (unpaired) electrons. The number of hydrogen-bond acceptors (Lipinski definition) is 3. The lowest BCUT2D eigenvalue weighted by atomic mass is 10.0. The summed E-state index contributed by atoms with van der Waals surface area (Å²) in [5.74, 6) is -0.0797. The topological polar surface area (TPSA) is 62.2 Å². The quantitative estimate of drug-likeness (QED) is 0.897. The molecule has 0 saturated heterocycles. The molecule has 4 nitrogen and oxygen atoms in total. The number of nitrogens with one attached hydrogen (secondary N) is 1. The summed E-state index contributed by atoms with van der Waals surface area (Å²) in [6.45, 7) is 1.81. The summed E-state index contributed by atoms with van der Waals surface area (Å²) < 4.78 is 13.3. The fourth-order valence-electron chi connectivity index (χ4n) is 1.71. The first-order valence-corrected chi connectivity index (χ1v) is 6.36. The lowest BCUT2D eigenvalue weighted by Gasteiger charge is -2.07. The maximum absolute atomic E-state index is 13.3. The van der Waals surface area contributed by atoms with Gasteiger partial charge in [-0.2, -0.15) is 0 Å². The minimum Gasteiger partial charge on any atom is -0.465 e. The zero-order valence-electron chi connectivity index (χ0n) is 10.1. The Bertz CT molecular complexity index is 637. The molecule has 1 heterocycles. The number of nitrogens with zero attached hydrogens (tertiary/aromatic N) is 1. The fourth-order valence-corrected chi connectivity index (χ4v) is 2.55. The van der Waals surface area contributed by atoms with E-state index in [1.165, 1.54) is 23.5 Å². The molecule has 0 aliphatic carbocycles. The first-order valence-electron chi connectivity index (χ1n) is 5.48. The fraction of sp³-hybridized carbons (Fsp3) is 0.0769. The molecule has 0 atom stereocenters. The molecule has 0 saturated carbocycles. The third kappa shape index (κ3) is 2.97. The molecule has 2 N–H and O–H groups in total. The highest BCUT2D eigenvalue weighted by molar-refractivity contribution is 7.11. The number of carboxylic acid groups (broad SMARTS) is 1. The average Bonchev–Trinajstić information content (AvgIpc) is 2.78. The molecular weight excluding hydrogens is 267 g/mol. The zero-order chi connectivity index (χ0) is 13.8. The number of allylic oxidation sites excluding steroid dienone is 1. The second-order valence-electron chi connectivity index (χ2n) is 3.67. The normalized spacial score (nSPS) is 11.4. The van der Waals surface area contributed by atoms with Crippen molar-refractivity contribution in [3.05, 3.63) is 52.1 Å². The number of benzene rings is 1. The van der Waals surface area contributed by atoms with Crippen LogP contribution in [0.3, 0.4) is 0 Å². The number of halogens is 1. The molecule has 0 bridgehead atoms. The molecule has 2 rings (SSSR count). The molecule has 1 aromatic carbocycles. The Hall–Kier alpha value is -2.21. The summed E-state index contributed by atoms with van der Waals surface area (Å²) in [5, 5.41) is 11.0. The molecular formula is C13H11FN2O2S. The van der Waals surface area contributed by atoms with Gasteiger partial charge in [0.1, 0.15) is 5.82 Å². The summed E-state index contributed by atoms with van der Waals surface area (Å²) in [6, 6.07) is 6.14. The number of hydrogen-bond donors (Lipinski definition) is 2. The Morgan fingerprint density at radius 2 is 2.32 bits per heavy atom. The van der Waals surface area contributed by atoms with Crippen molar-refractivity contribution in [2.45, 2.75) is 6.92 Å². The minimum absolute atomic E-state index is 0.259. The second-order valence-corrected chi connectivity index (χ2v) is 4.53.